The van der Waals surface area contributed by atoms with Crippen LogP contribution >= 0.6 is 11.6 Å². The molecule has 3 atom stereocenters. The summed E-state index contributed by atoms with van der Waals surface area (Å²) >= 11 is 6.07. The fourth-order valence-corrected chi connectivity index (χ4v) is 5.53. The number of carbonyl (C=O) groups excluding carboxylic acids is 1. The van der Waals surface area contributed by atoms with Crippen molar-refractivity contribution < 1.29 is 27.9 Å². The summed E-state index contributed by atoms with van der Waals surface area (Å²) in [4.78, 5) is 37.6. The molecule has 10 heteroatoms. The first kappa shape index (κ1) is 28.7. The number of hydrogen-bond donors (Lipinski definition) is 1. The van der Waals surface area contributed by atoms with E-state index in [1.165, 1.54) is 24.3 Å². The maximum Gasteiger partial charge on any atom is 0.400 e. The Bertz CT molecular complexity index is 1560. The number of carboxylic acids is 1. The van der Waals surface area contributed by atoms with Crippen LogP contribution in [0.15, 0.2) is 71.3 Å². The molecular weight excluding hydrogens is 555 g/mol. The van der Waals surface area contributed by atoms with Gasteiger partial charge in [-0.2, -0.15) is 13.2 Å². The Hall–Kier alpha value is -3.85. The number of aromatic nitrogens is 2. The van der Waals surface area contributed by atoms with Gasteiger partial charge in [-0.25, -0.2) is 15.0 Å². The summed E-state index contributed by atoms with van der Waals surface area (Å²) in [5.74, 6) is -3.88. The third kappa shape index (κ3) is 6.73. The Morgan fingerprint density at radius 3 is 2.51 bits per heavy atom. The molecule has 3 aromatic rings. The van der Waals surface area contributed by atoms with Crippen LogP contribution in [0.4, 0.5) is 13.2 Å². The summed E-state index contributed by atoms with van der Waals surface area (Å²) in [5.41, 5.74) is 3.14. The topological polar surface area (TPSA) is 92.5 Å². The molecule has 6 nitrogen and oxygen atoms in total. The van der Waals surface area contributed by atoms with E-state index in [0.29, 0.717) is 65.8 Å². The lowest BCUT2D eigenvalue weighted by atomic mass is 9.94. The quantitative estimate of drug-likeness (QED) is 0.289. The van der Waals surface area contributed by atoms with Crippen molar-refractivity contribution in [2.24, 2.45) is 22.7 Å². The number of hydrogen-bond acceptors (Lipinski definition) is 4. The van der Waals surface area contributed by atoms with Crippen molar-refractivity contribution in [1.29, 1.82) is 0 Å². The van der Waals surface area contributed by atoms with Gasteiger partial charge in [0.1, 0.15) is 5.92 Å². The van der Waals surface area contributed by atoms with E-state index in [0.717, 1.165) is 12.0 Å². The molecule has 3 unspecified atom stereocenters. The SMILES string of the molecule is O=C(N=CC(C1=CCCC=C1)C(F)(F)F)c1ccc2nc(-c3ccc(Cl)cc3)c(CC3CCC(C(=O)O)C3)nc2c1. The summed E-state index contributed by atoms with van der Waals surface area (Å²) in [7, 11) is 0. The third-order valence-electron chi connectivity index (χ3n) is 7.55. The van der Waals surface area contributed by atoms with Crippen LogP contribution in [-0.2, 0) is 11.2 Å². The van der Waals surface area contributed by atoms with Gasteiger partial charge in [0.05, 0.1) is 28.3 Å². The molecule has 1 aromatic heterocycles. The molecule has 1 N–H and O–H groups in total. The third-order valence-corrected chi connectivity index (χ3v) is 7.80. The first-order chi connectivity index (χ1) is 19.6. The molecule has 1 amide bonds. The Morgan fingerprint density at radius 1 is 1.07 bits per heavy atom. The highest BCUT2D eigenvalue weighted by Crippen LogP contribution is 2.36. The molecule has 2 aliphatic rings. The zero-order valence-electron chi connectivity index (χ0n) is 21.9. The van der Waals surface area contributed by atoms with Gasteiger partial charge in [0.2, 0.25) is 0 Å². The van der Waals surface area contributed by atoms with Gasteiger partial charge >= 0.3 is 12.1 Å². The van der Waals surface area contributed by atoms with E-state index in [2.05, 4.69) is 4.99 Å². The summed E-state index contributed by atoms with van der Waals surface area (Å²) in [6.07, 6.45) is 4.24. The predicted molar refractivity (Wildman–Crippen MR) is 151 cm³/mol. The van der Waals surface area contributed by atoms with E-state index < -0.39 is 29.9 Å². The molecular formula is C31H27ClF3N3O3. The lowest BCUT2D eigenvalue weighted by Gasteiger charge is -2.19. The van der Waals surface area contributed by atoms with Crippen molar-refractivity contribution in [2.45, 2.75) is 44.7 Å². The van der Waals surface area contributed by atoms with Gasteiger partial charge in [-0.1, -0.05) is 42.0 Å². The average molecular weight is 582 g/mol. The molecule has 212 valence electrons. The van der Waals surface area contributed by atoms with E-state index in [1.807, 2.05) is 12.1 Å². The number of carbonyl (C=O) groups is 2. The van der Waals surface area contributed by atoms with E-state index >= 15 is 0 Å². The van der Waals surface area contributed by atoms with Gasteiger partial charge in [-0.05, 0) is 80.3 Å². The minimum atomic E-state index is -4.58. The molecule has 0 spiro atoms. The smallest absolute Gasteiger partial charge is 0.400 e. The molecule has 5 rings (SSSR count). The Balaban J connectivity index is 1.47. The Labute approximate surface area is 239 Å². The first-order valence-electron chi connectivity index (χ1n) is 13.4. The minimum Gasteiger partial charge on any atom is -0.481 e. The van der Waals surface area contributed by atoms with Crippen LogP contribution in [0.5, 0.6) is 0 Å². The van der Waals surface area contributed by atoms with Crippen LogP contribution in [0.1, 0.15) is 48.2 Å². The molecule has 1 saturated carbocycles. The standard InChI is InChI=1S/C31H27ClF3N3O3/c32-23-11-8-20(9-12-23)28-27(15-18-6-7-22(14-18)30(40)41)37-26-16-21(10-13-25(26)38-28)29(39)36-17-24(31(33,34)35)19-4-2-1-3-5-19/h2,4-5,8-13,16-18,22,24H,1,3,6-7,14-15H2,(H,40,41). The predicted octanol–water partition coefficient (Wildman–Crippen LogP) is 7.66. The van der Waals surface area contributed by atoms with Crippen molar-refractivity contribution in [2.75, 3.05) is 0 Å². The maximum absolute atomic E-state index is 13.7. The van der Waals surface area contributed by atoms with Crippen LogP contribution in [0.3, 0.4) is 0 Å². The fraction of sp³-hybridized carbons (Fsp3) is 0.323. The zero-order valence-corrected chi connectivity index (χ0v) is 22.7. The Morgan fingerprint density at radius 2 is 1.85 bits per heavy atom. The molecule has 2 aromatic carbocycles. The second-order valence-corrected chi connectivity index (χ2v) is 10.9. The number of carboxylic acid groups (broad SMARTS) is 1. The summed E-state index contributed by atoms with van der Waals surface area (Å²) < 4.78 is 41.1. The number of alkyl halides is 3. The summed E-state index contributed by atoms with van der Waals surface area (Å²) in [5, 5.41) is 9.99. The van der Waals surface area contributed by atoms with Crippen molar-refractivity contribution in [1.82, 2.24) is 9.97 Å². The van der Waals surface area contributed by atoms with Crippen molar-refractivity contribution in [3.8, 4) is 11.3 Å². The lowest BCUT2D eigenvalue weighted by molar-refractivity contribution is -0.144. The number of amides is 1. The van der Waals surface area contributed by atoms with Gasteiger partial charge in [0, 0.05) is 22.4 Å². The highest BCUT2D eigenvalue weighted by molar-refractivity contribution is 6.30. The Kier molecular flexibility index (Phi) is 8.35. The first-order valence-corrected chi connectivity index (χ1v) is 13.8. The summed E-state index contributed by atoms with van der Waals surface area (Å²) in [6.45, 7) is 0. The number of nitrogens with zero attached hydrogens (tertiary/aromatic N) is 3. The van der Waals surface area contributed by atoms with Gasteiger partial charge in [0.15, 0.2) is 0 Å². The van der Waals surface area contributed by atoms with Crippen molar-refractivity contribution in [3.63, 3.8) is 0 Å². The van der Waals surface area contributed by atoms with E-state index in [4.69, 9.17) is 21.6 Å². The van der Waals surface area contributed by atoms with Crippen molar-refractivity contribution >= 4 is 40.7 Å². The minimum absolute atomic E-state index is 0.0705. The molecule has 1 fully saturated rings. The number of allylic oxidation sites excluding steroid dienone is 4. The second kappa shape index (κ2) is 11.9. The monoisotopic (exact) mass is 581 g/mol. The van der Waals surface area contributed by atoms with Crippen LogP contribution in [0.2, 0.25) is 5.02 Å². The average Bonchev–Trinajstić information content (AvgIpc) is 3.42. The van der Waals surface area contributed by atoms with Gasteiger partial charge < -0.3 is 5.11 Å². The van der Waals surface area contributed by atoms with E-state index in [9.17, 15) is 27.9 Å². The molecule has 0 saturated heterocycles. The lowest BCUT2D eigenvalue weighted by Crippen LogP contribution is -2.26. The van der Waals surface area contributed by atoms with E-state index in [1.54, 1.807) is 24.3 Å². The molecule has 1 heterocycles. The number of rotatable bonds is 7. The summed E-state index contributed by atoms with van der Waals surface area (Å²) in [6, 6.07) is 11.7. The van der Waals surface area contributed by atoms with Crippen molar-refractivity contribution in [3.05, 3.63) is 82.5 Å². The molecule has 2 aliphatic carbocycles. The van der Waals surface area contributed by atoms with Gasteiger partial charge in [0.25, 0.3) is 5.91 Å². The normalized spacial score (nSPS) is 20.0. The van der Waals surface area contributed by atoms with Gasteiger partial charge in [-0.3, -0.25) is 9.59 Å². The molecule has 0 aliphatic heterocycles. The molecule has 0 radical (unpaired) electrons. The fourth-order valence-electron chi connectivity index (χ4n) is 5.40. The zero-order chi connectivity index (χ0) is 29.1. The van der Waals surface area contributed by atoms with Crippen LogP contribution < -0.4 is 0 Å². The van der Waals surface area contributed by atoms with Crippen LogP contribution in [0, 0.1) is 17.8 Å². The highest BCUT2D eigenvalue weighted by atomic mass is 35.5. The number of halogens is 4. The highest BCUT2D eigenvalue weighted by Gasteiger charge is 2.40. The second-order valence-electron chi connectivity index (χ2n) is 10.4. The largest absolute Gasteiger partial charge is 0.481 e. The van der Waals surface area contributed by atoms with Crippen LogP contribution in [0.25, 0.3) is 22.3 Å². The number of benzene rings is 2. The van der Waals surface area contributed by atoms with Gasteiger partial charge in [-0.15, -0.1) is 0 Å². The van der Waals surface area contributed by atoms with Crippen LogP contribution in [-0.4, -0.2) is 39.3 Å². The number of aliphatic carboxylic acids is 1. The number of aliphatic imine (C=N–C) groups is 1. The maximum atomic E-state index is 13.7. The molecule has 41 heavy (non-hydrogen) atoms. The number of fused-ring (bicyclic) bond motifs is 1. The molecule has 0 bridgehead atoms. The van der Waals surface area contributed by atoms with E-state index in [-0.39, 0.29) is 17.1 Å².